The maximum atomic E-state index is 13.3. The van der Waals surface area contributed by atoms with E-state index in [0.29, 0.717) is 49.2 Å². The first-order valence-corrected chi connectivity index (χ1v) is 14.8. The van der Waals surface area contributed by atoms with Crippen LogP contribution in [0.2, 0.25) is 0 Å². The quantitative estimate of drug-likeness (QED) is 0.277. The van der Waals surface area contributed by atoms with Crippen molar-refractivity contribution in [3.05, 3.63) is 59.2 Å². The van der Waals surface area contributed by atoms with E-state index in [1.54, 1.807) is 25.4 Å². The second-order valence-electron chi connectivity index (χ2n) is 9.27. The Morgan fingerprint density at radius 1 is 1.28 bits per heavy atom. The number of halogens is 2. The molecule has 0 spiro atoms. The van der Waals surface area contributed by atoms with Crippen molar-refractivity contribution >= 4 is 56.2 Å². The summed E-state index contributed by atoms with van der Waals surface area (Å²) in [6.07, 6.45) is 8.46. The molecule has 1 aliphatic carbocycles. The number of carbonyl (C=O) groups excluding carboxylic acids is 1. The highest BCUT2D eigenvalue weighted by molar-refractivity contribution is 7.93. The first-order chi connectivity index (χ1) is 18.7. The first kappa shape index (κ1) is 28.8. The minimum atomic E-state index is -3.79. The van der Waals surface area contributed by atoms with Crippen molar-refractivity contribution in [2.45, 2.75) is 38.4 Å². The second kappa shape index (κ2) is 12.8. The van der Waals surface area contributed by atoms with Crippen LogP contribution in [0.3, 0.4) is 0 Å². The number of alkyl halides is 2. The van der Waals surface area contributed by atoms with E-state index < -0.39 is 21.7 Å². The molecule has 1 N–H and O–H groups in total. The molecular formula is C27H32ClFN6O3S. The van der Waals surface area contributed by atoms with Crippen LogP contribution in [0.15, 0.2) is 58.6 Å². The molecule has 1 aromatic carbocycles. The standard InChI is InChI=1S/C27H32ClFN6O3S/c1-3-26(28)31-17-21(10-11-32-39(37,38)23-7-5-22(29)6-8-23)20-4-9-24-25(16-20)33-27(18-30-24)35-14-12-34(13-15-35)19(2)36/h4-5,7-10,16-18,22,26,32H,3,6,11-15H2,1-2H3/b21-10+,31-17?. The molecule has 0 radical (unpaired) electrons. The van der Waals surface area contributed by atoms with Gasteiger partial charge >= 0.3 is 0 Å². The Hall–Kier alpha value is -3.15. The molecule has 0 bridgehead atoms. The lowest BCUT2D eigenvalue weighted by Gasteiger charge is -2.34. The van der Waals surface area contributed by atoms with E-state index in [2.05, 4.69) is 19.6 Å². The average molecular weight is 575 g/mol. The van der Waals surface area contributed by atoms with E-state index in [0.717, 1.165) is 11.4 Å². The molecule has 2 unspecified atom stereocenters. The molecule has 1 fully saturated rings. The van der Waals surface area contributed by atoms with Crippen LogP contribution < -0.4 is 9.62 Å². The van der Waals surface area contributed by atoms with E-state index >= 15 is 0 Å². The third-order valence-electron chi connectivity index (χ3n) is 6.54. The number of sulfonamides is 1. The van der Waals surface area contributed by atoms with Crippen LogP contribution in [0.25, 0.3) is 16.6 Å². The molecule has 1 amide bonds. The maximum absolute atomic E-state index is 13.3. The molecule has 1 aliphatic heterocycles. The molecule has 9 nitrogen and oxygen atoms in total. The molecule has 2 heterocycles. The van der Waals surface area contributed by atoms with Gasteiger partial charge in [-0.3, -0.25) is 14.8 Å². The number of benzene rings is 1. The largest absolute Gasteiger partial charge is 0.352 e. The number of nitrogens with zero attached hydrogens (tertiary/aromatic N) is 5. The molecular weight excluding hydrogens is 543 g/mol. The van der Waals surface area contributed by atoms with Gasteiger partial charge in [-0.25, -0.2) is 22.5 Å². The number of nitrogens with one attached hydrogen (secondary N) is 1. The highest BCUT2D eigenvalue weighted by Gasteiger charge is 2.21. The fraction of sp³-hybridized carbons (Fsp3) is 0.407. The summed E-state index contributed by atoms with van der Waals surface area (Å²) in [7, 11) is -3.79. The zero-order chi connectivity index (χ0) is 28.0. The third-order valence-corrected chi connectivity index (χ3v) is 8.43. The van der Waals surface area contributed by atoms with Gasteiger partial charge in [0.1, 0.15) is 17.5 Å². The number of fused-ring (bicyclic) bond motifs is 1. The van der Waals surface area contributed by atoms with Crippen molar-refractivity contribution < 1.29 is 17.6 Å². The van der Waals surface area contributed by atoms with E-state index in [1.165, 1.54) is 18.2 Å². The van der Waals surface area contributed by atoms with Gasteiger partial charge in [0.2, 0.25) is 15.9 Å². The highest BCUT2D eigenvalue weighted by atomic mass is 35.5. The van der Waals surface area contributed by atoms with Gasteiger partial charge in [0, 0.05) is 52.3 Å². The number of rotatable bonds is 9. The van der Waals surface area contributed by atoms with Crippen molar-refractivity contribution in [3.63, 3.8) is 0 Å². The van der Waals surface area contributed by atoms with Crippen molar-refractivity contribution in [1.82, 2.24) is 19.6 Å². The lowest BCUT2D eigenvalue weighted by Crippen LogP contribution is -2.48. The maximum Gasteiger partial charge on any atom is 0.240 e. The molecule has 1 saturated heterocycles. The normalized spacial score (nSPS) is 19.5. The number of piperazine rings is 1. The Bertz CT molecular complexity index is 1430. The van der Waals surface area contributed by atoms with E-state index in [9.17, 15) is 17.6 Å². The fourth-order valence-corrected chi connectivity index (χ4v) is 5.31. The van der Waals surface area contributed by atoms with Gasteiger partial charge < -0.3 is 9.80 Å². The summed E-state index contributed by atoms with van der Waals surface area (Å²) < 4.78 is 41.2. The van der Waals surface area contributed by atoms with E-state index in [4.69, 9.17) is 16.6 Å². The lowest BCUT2D eigenvalue weighted by atomic mass is 10.1. The summed E-state index contributed by atoms with van der Waals surface area (Å²) in [5.41, 5.74) is 2.41. The summed E-state index contributed by atoms with van der Waals surface area (Å²) in [6.45, 7) is 6.09. The average Bonchev–Trinajstić information content (AvgIpc) is 2.94. The monoisotopic (exact) mass is 574 g/mol. The number of aliphatic imine (C=N–C) groups is 1. The minimum absolute atomic E-state index is 0.00280. The molecule has 2 aliphatic rings. The Balaban J connectivity index is 1.57. The van der Waals surface area contributed by atoms with Crippen LogP contribution in [0.5, 0.6) is 0 Å². The molecule has 39 heavy (non-hydrogen) atoms. The van der Waals surface area contributed by atoms with Crippen LogP contribution >= 0.6 is 11.6 Å². The summed E-state index contributed by atoms with van der Waals surface area (Å²) in [6, 6.07) is 5.61. The first-order valence-electron chi connectivity index (χ1n) is 12.8. The van der Waals surface area contributed by atoms with Crippen molar-refractivity contribution in [2.75, 3.05) is 37.6 Å². The van der Waals surface area contributed by atoms with Gasteiger partial charge in [0.15, 0.2) is 0 Å². The van der Waals surface area contributed by atoms with Crippen LogP contribution in [0.1, 0.15) is 32.3 Å². The molecule has 12 heteroatoms. The van der Waals surface area contributed by atoms with Crippen LogP contribution in [0, 0.1) is 0 Å². The topological polar surface area (TPSA) is 108 Å². The van der Waals surface area contributed by atoms with Gasteiger partial charge in [-0.2, -0.15) is 0 Å². The minimum Gasteiger partial charge on any atom is -0.352 e. The van der Waals surface area contributed by atoms with Gasteiger partial charge in [-0.1, -0.05) is 36.7 Å². The van der Waals surface area contributed by atoms with Gasteiger partial charge in [0.05, 0.1) is 22.1 Å². The number of aromatic nitrogens is 2. The van der Waals surface area contributed by atoms with Gasteiger partial charge in [-0.15, -0.1) is 0 Å². The Labute approximate surface area is 233 Å². The number of hydrogen-bond donors (Lipinski definition) is 1. The fourth-order valence-electron chi connectivity index (χ4n) is 4.21. The van der Waals surface area contributed by atoms with Gasteiger partial charge in [-0.05, 0) is 41.8 Å². The summed E-state index contributed by atoms with van der Waals surface area (Å²) in [5, 5.41) is 0. The van der Waals surface area contributed by atoms with E-state index in [1.807, 2.05) is 30.0 Å². The predicted octanol–water partition coefficient (Wildman–Crippen LogP) is 3.83. The zero-order valence-corrected chi connectivity index (χ0v) is 23.5. The predicted molar refractivity (Wildman–Crippen MR) is 154 cm³/mol. The number of anilines is 1. The summed E-state index contributed by atoms with van der Waals surface area (Å²) in [5.74, 6) is 0.792. The van der Waals surface area contributed by atoms with Crippen molar-refractivity contribution in [3.8, 4) is 0 Å². The van der Waals surface area contributed by atoms with Crippen LogP contribution in [0.4, 0.5) is 10.2 Å². The zero-order valence-electron chi connectivity index (χ0n) is 21.9. The molecule has 4 rings (SSSR count). The van der Waals surface area contributed by atoms with E-state index in [-0.39, 0.29) is 23.8 Å². The molecule has 2 aromatic rings. The molecule has 2 atom stereocenters. The van der Waals surface area contributed by atoms with Gasteiger partial charge in [0.25, 0.3) is 0 Å². The number of carbonyl (C=O) groups is 1. The summed E-state index contributed by atoms with van der Waals surface area (Å²) in [4.78, 5) is 29.4. The van der Waals surface area contributed by atoms with Crippen molar-refractivity contribution in [2.24, 2.45) is 4.99 Å². The number of allylic oxidation sites excluding steroid dienone is 4. The van der Waals surface area contributed by atoms with Crippen molar-refractivity contribution in [1.29, 1.82) is 0 Å². The highest BCUT2D eigenvalue weighted by Crippen LogP contribution is 2.22. The third kappa shape index (κ3) is 7.49. The second-order valence-corrected chi connectivity index (χ2v) is 11.5. The number of hydrogen-bond acceptors (Lipinski definition) is 7. The van der Waals surface area contributed by atoms with Crippen LogP contribution in [-0.4, -0.2) is 79.8 Å². The molecule has 208 valence electrons. The lowest BCUT2D eigenvalue weighted by molar-refractivity contribution is -0.129. The Kier molecular flexibility index (Phi) is 9.47. The Morgan fingerprint density at radius 2 is 2.05 bits per heavy atom. The molecule has 1 aromatic heterocycles. The summed E-state index contributed by atoms with van der Waals surface area (Å²) >= 11 is 6.21. The SMILES string of the molecule is CCC(Cl)N=C/C(=C\CNS(=O)(=O)C1=CCC(F)C=C1)c1ccc2ncc(N3CCN(C(C)=O)CC3)nc2c1. The smallest absolute Gasteiger partial charge is 0.240 e. The Morgan fingerprint density at radius 3 is 2.72 bits per heavy atom. The van der Waals surface area contributed by atoms with Crippen LogP contribution in [-0.2, 0) is 14.8 Å². The number of amides is 1. The molecule has 0 saturated carbocycles.